The third kappa shape index (κ3) is 3.79. The summed E-state index contributed by atoms with van der Waals surface area (Å²) in [6.45, 7) is 0. The van der Waals surface area contributed by atoms with Crippen molar-refractivity contribution in [3.8, 4) is 22.5 Å². The Morgan fingerprint density at radius 1 is 0.260 bits per heavy atom. The highest BCUT2D eigenvalue weighted by Gasteiger charge is 2.21. The van der Waals surface area contributed by atoms with Crippen LogP contribution in [0.5, 0.6) is 0 Å². The maximum Gasteiger partial charge on any atom is 0.0641 e. The van der Waals surface area contributed by atoms with E-state index in [-0.39, 0.29) is 0 Å². The van der Waals surface area contributed by atoms with Crippen molar-refractivity contribution >= 4 is 75.9 Å². The van der Waals surface area contributed by atoms with Crippen LogP contribution < -0.4 is 0 Å². The molecule has 0 aliphatic heterocycles. The molecule has 0 saturated heterocycles. The van der Waals surface area contributed by atoms with Gasteiger partial charge in [-0.25, -0.2) is 0 Å². The van der Waals surface area contributed by atoms with E-state index in [4.69, 9.17) is 0 Å². The number of rotatable bonds is 3. The molecule has 0 aliphatic rings. The van der Waals surface area contributed by atoms with E-state index >= 15 is 0 Å². The summed E-state index contributed by atoms with van der Waals surface area (Å²) in [6.07, 6.45) is 0. The quantitative estimate of drug-likeness (QED) is 0.171. The third-order valence-electron chi connectivity index (χ3n) is 10.7. The molecule has 0 aliphatic carbocycles. The smallest absolute Gasteiger partial charge is 0.0641 e. The van der Waals surface area contributed by atoms with E-state index in [1.54, 1.807) is 0 Å². The summed E-state index contributed by atoms with van der Waals surface area (Å²) in [7, 11) is 0. The molecule has 0 atom stereocenters. The lowest BCUT2D eigenvalue weighted by molar-refractivity contribution is 1.18. The molecule has 11 rings (SSSR count). The fraction of sp³-hybridized carbons (Fsp3) is 0. The number of benzene rings is 9. The van der Waals surface area contributed by atoms with E-state index in [0.717, 1.165) is 5.69 Å². The van der Waals surface area contributed by atoms with Gasteiger partial charge in [0.15, 0.2) is 0 Å². The van der Waals surface area contributed by atoms with Gasteiger partial charge in [0.25, 0.3) is 0 Å². The van der Waals surface area contributed by atoms with Gasteiger partial charge in [-0.1, -0.05) is 140 Å². The maximum atomic E-state index is 2.51. The Balaban J connectivity index is 1.27. The van der Waals surface area contributed by atoms with Gasteiger partial charge in [-0.05, 0) is 85.9 Å². The van der Waals surface area contributed by atoms with Crippen molar-refractivity contribution in [3.05, 3.63) is 182 Å². The SMILES string of the molecule is c1ccc(-c2cccc(-n3c4ccccc4c4c3ccc3c5ccccc5n(-c5ccc6c7ccccc7c7ccccc7c6c5)c34)c2)cc1. The highest BCUT2D eigenvalue weighted by Crippen LogP contribution is 2.43. The van der Waals surface area contributed by atoms with E-state index in [0.29, 0.717) is 0 Å². The zero-order chi connectivity index (χ0) is 32.8. The summed E-state index contributed by atoms with van der Waals surface area (Å²) in [5.41, 5.74) is 9.60. The molecule has 2 heterocycles. The molecule has 11 aromatic rings. The van der Waals surface area contributed by atoms with Crippen molar-refractivity contribution in [3.63, 3.8) is 0 Å². The Morgan fingerprint density at radius 2 is 0.780 bits per heavy atom. The topological polar surface area (TPSA) is 9.86 Å². The molecular formula is C48H30N2. The predicted octanol–water partition coefficient (Wildman–Crippen LogP) is 13.0. The number of fused-ring (bicyclic) bond motifs is 13. The summed E-state index contributed by atoms with van der Waals surface area (Å²) in [5.74, 6) is 0. The fourth-order valence-corrected chi connectivity index (χ4v) is 8.54. The van der Waals surface area contributed by atoms with Crippen molar-refractivity contribution in [2.45, 2.75) is 0 Å². The highest BCUT2D eigenvalue weighted by atomic mass is 15.0. The van der Waals surface area contributed by atoms with Gasteiger partial charge in [0.2, 0.25) is 0 Å². The second kappa shape index (κ2) is 10.4. The van der Waals surface area contributed by atoms with Crippen LogP contribution in [0.4, 0.5) is 0 Å². The standard InChI is InChI=1S/C48H30N2/c1-2-13-31(14-3-1)32-15-12-16-33(29-32)49-45-24-11-9-22-42(45)47-46(49)28-27-41-40-21-8-10-23-44(40)50(48(41)47)34-25-26-39-37-19-5-4-17-35(37)36-18-6-7-20-38(36)43(39)30-34/h1-30H. The van der Waals surface area contributed by atoms with Crippen LogP contribution in [0.2, 0.25) is 0 Å². The molecule has 0 spiro atoms. The minimum absolute atomic E-state index is 1.16. The second-order valence-corrected chi connectivity index (χ2v) is 13.3. The first kappa shape index (κ1) is 27.3. The van der Waals surface area contributed by atoms with Crippen LogP contribution in [0.25, 0.3) is 98.4 Å². The van der Waals surface area contributed by atoms with Crippen molar-refractivity contribution in [2.24, 2.45) is 0 Å². The first-order valence-corrected chi connectivity index (χ1v) is 17.3. The van der Waals surface area contributed by atoms with E-state index in [2.05, 4.69) is 191 Å². The van der Waals surface area contributed by atoms with Crippen molar-refractivity contribution in [1.29, 1.82) is 0 Å². The Labute approximate surface area is 288 Å². The molecule has 9 aromatic carbocycles. The van der Waals surface area contributed by atoms with Crippen molar-refractivity contribution in [2.75, 3.05) is 0 Å². The zero-order valence-corrected chi connectivity index (χ0v) is 27.2. The third-order valence-corrected chi connectivity index (χ3v) is 10.7. The molecule has 0 N–H and O–H groups in total. The average molecular weight is 635 g/mol. The number of nitrogens with zero attached hydrogens (tertiary/aromatic N) is 2. The van der Waals surface area contributed by atoms with Gasteiger partial charge >= 0.3 is 0 Å². The normalized spacial score (nSPS) is 12.0. The summed E-state index contributed by atoms with van der Waals surface area (Å²) < 4.78 is 4.95. The summed E-state index contributed by atoms with van der Waals surface area (Å²) in [5, 5.41) is 12.8. The predicted molar refractivity (Wildman–Crippen MR) is 213 cm³/mol. The minimum atomic E-state index is 1.16. The lowest BCUT2D eigenvalue weighted by Crippen LogP contribution is -1.96. The van der Waals surface area contributed by atoms with Gasteiger partial charge in [-0.3, -0.25) is 0 Å². The Kier molecular flexibility index (Phi) is 5.70. The van der Waals surface area contributed by atoms with E-state index in [1.165, 1.54) is 92.7 Å². The van der Waals surface area contributed by atoms with Gasteiger partial charge in [0, 0.05) is 32.9 Å². The lowest BCUT2D eigenvalue weighted by atomic mass is 9.94. The fourth-order valence-electron chi connectivity index (χ4n) is 8.54. The van der Waals surface area contributed by atoms with Crippen LogP contribution in [-0.2, 0) is 0 Å². The Hall–Kier alpha value is -6.64. The van der Waals surface area contributed by atoms with Gasteiger partial charge in [0.05, 0.1) is 22.1 Å². The molecule has 2 aromatic heterocycles. The van der Waals surface area contributed by atoms with E-state index < -0.39 is 0 Å². The Bertz CT molecular complexity index is 3110. The first-order chi connectivity index (χ1) is 24.8. The minimum Gasteiger partial charge on any atom is -0.309 e. The number of para-hydroxylation sites is 2. The number of aromatic nitrogens is 2. The molecule has 0 saturated carbocycles. The van der Waals surface area contributed by atoms with Crippen molar-refractivity contribution in [1.82, 2.24) is 9.13 Å². The molecule has 2 heteroatoms. The van der Waals surface area contributed by atoms with Gasteiger partial charge in [0.1, 0.15) is 0 Å². The van der Waals surface area contributed by atoms with Gasteiger partial charge in [-0.15, -0.1) is 0 Å². The van der Waals surface area contributed by atoms with Crippen LogP contribution in [0.3, 0.4) is 0 Å². The Morgan fingerprint density at radius 3 is 1.50 bits per heavy atom. The molecule has 2 nitrogen and oxygen atoms in total. The molecule has 50 heavy (non-hydrogen) atoms. The second-order valence-electron chi connectivity index (χ2n) is 13.3. The van der Waals surface area contributed by atoms with Gasteiger partial charge in [-0.2, -0.15) is 0 Å². The molecule has 0 unspecified atom stereocenters. The molecule has 0 fully saturated rings. The molecule has 0 radical (unpaired) electrons. The largest absolute Gasteiger partial charge is 0.309 e. The molecule has 232 valence electrons. The average Bonchev–Trinajstić information content (AvgIpc) is 3.71. The molecule has 0 amide bonds. The van der Waals surface area contributed by atoms with Crippen LogP contribution >= 0.6 is 0 Å². The van der Waals surface area contributed by atoms with Crippen molar-refractivity contribution < 1.29 is 0 Å². The maximum absolute atomic E-state index is 2.51. The first-order valence-electron chi connectivity index (χ1n) is 17.3. The summed E-state index contributed by atoms with van der Waals surface area (Å²) >= 11 is 0. The van der Waals surface area contributed by atoms with E-state index in [9.17, 15) is 0 Å². The number of hydrogen-bond acceptors (Lipinski definition) is 0. The molecule has 0 bridgehead atoms. The van der Waals surface area contributed by atoms with Gasteiger partial charge < -0.3 is 9.13 Å². The van der Waals surface area contributed by atoms with Crippen LogP contribution in [0.15, 0.2) is 182 Å². The zero-order valence-electron chi connectivity index (χ0n) is 27.2. The monoisotopic (exact) mass is 634 g/mol. The van der Waals surface area contributed by atoms with Crippen LogP contribution in [0.1, 0.15) is 0 Å². The van der Waals surface area contributed by atoms with E-state index in [1.807, 2.05) is 0 Å². The summed E-state index contributed by atoms with van der Waals surface area (Å²) in [6, 6.07) is 66.7. The van der Waals surface area contributed by atoms with Crippen LogP contribution in [0, 0.1) is 0 Å². The molecular weight excluding hydrogens is 605 g/mol. The highest BCUT2D eigenvalue weighted by molar-refractivity contribution is 6.28. The number of hydrogen-bond donors (Lipinski definition) is 0. The summed E-state index contributed by atoms with van der Waals surface area (Å²) in [4.78, 5) is 0. The lowest BCUT2D eigenvalue weighted by Gasteiger charge is -2.14. The van der Waals surface area contributed by atoms with Crippen LogP contribution in [-0.4, -0.2) is 9.13 Å².